The largest absolute Gasteiger partial charge is 0.456 e. The minimum Gasteiger partial charge on any atom is -0.456 e. The van der Waals surface area contributed by atoms with Gasteiger partial charge in [-0.05, 0) is 62.4 Å². The van der Waals surface area contributed by atoms with Crippen molar-refractivity contribution in [3.8, 4) is 0 Å². The number of amides is 1. The standard InChI is InChI=1S/C23H30ClN3O2/c1-6-10-27-20-13-18(24)7-8-19(20)25-22(27)14-26(11-9-15(2)3)23(28)21-12-16(4)17(5)29-21/h7-8,12-13,15H,6,9-11,14H2,1-5H3. The van der Waals surface area contributed by atoms with E-state index in [1.165, 1.54) is 0 Å². The summed E-state index contributed by atoms with van der Waals surface area (Å²) in [6.45, 7) is 12.2. The lowest BCUT2D eigenvalue weighted by Gasteiger charge is -2.23. The zero-order chi connectivity index (χ0) is 21.1. The smallest absolute Gasteiger partial charge is 0.289 e. The number of aryl methyl sites for hydroxylation is 3. The Balaban J connectivity index is 1.96. The fraction of sp³-hybridized carbons (Fsp3) is 0.478. The molecule has 1 amide bonds. The van der Waals surface area contributed by atoms with E-state index in [2.05, 4.69) is 25.3 Å². The zero-order valence-electron chi connectivity index (χ0n) is 18.0. The quantitative estimate of drug-likeness (QED) is 0.453. The van der Waals surface area contributed by atoms with E-state index in [0.29, 0.717) is 29.8 Å². The summed E-state index contributed by atoms with van der Waals surface area (Å²) >= 11 is 6.22. The first-order valence-electron chi connectivity index (χ1n) is 10.3. The van der Waals surface area contributed by atoms with Crippen molar-refractivity contribution in [2.45, 2.75) is 60.5 Å². The van der Waals surface area contributed by atoms with Gasteiger partial charge < -0.3 is 13.9 Å². The second-order valence-corrected chi connectivity index (χ2v) is 8.51. The van der Waals surface area contributed by atoms with Crippen molar-refractivity contribution in [1.82, 2.24) is 14.5 Å². The van der Waals surface area contributed by atoms with Crippen LogP contribution in [0.25, 0.3) is 11.0 Å². The molecule has 0 bridgehead atoms. The third-order valence-electron chi connectivity index (χ3n) is 5.21. The van der Waals surface area contributed by atoms with Gasteiger partial charge in [0, 0.05) is 18.1 Å². The first-order chi connectivity index (χ1) is 13.8. The minimum atomic E-state index is -0.0880. The molecule has 6 heteroatoms. The number of aromatic nitrogens is 2. The van der Waals surface area contributed by atoms with E-state index in [1.807, 2.05) is 43.0 Å². The Bertz CT molecular complexity index is 984. The van der Waals surface area contributed by atoms with E-state index >= 15 is 0 Å². The van der Waals surface area contributed by atoms with Crippen molar-refractivity contribution in [3.05, 3.63) is 52.2 Å². The number of imidazole rings is 1. The summed E-state index contributed by atoms with van der Waals surface area (Å²) in [7, 11) is 0. The molecule has 0 unspecified atom stereocenters. The van der Waals surface area contributed by atoms with Crippen LogP contribution in [0.4, 0.5) is 0 Å². The predicted octanol–water partition coefficient (Wildman–Crippen LogP) is 6.00. The van der Waals surface area contributed by atoms with Gasteiger partial charge in [-0.2, -0.15) is 0 Å². The highest BCUT2D eigenvalue weighted by Gasteiger charge is 2.23. The third-order valence-corrected chi connectivity index (χ3v) is 5.44. The van der Waals surface area contributed by atoms with Crippen molar-refractivity contribution in [2.24, 2.45) is 5.92 Å². The highest BCUT2D eigenvalue weighted by atomic mass is 35.5. The minimum absolute atomic E-state index is 0.0880. The number of hydrogen-bond acceptors (Lipinski definition) is 3. The molecule has 2 heterocycles. The van der Waals surface area contributed by atoms with Crippen LogP contribution in [0.2, 0.25) is 5.02 Å². The van der Waals surface area contributed by atoms with Crippen LogP contribution in [-0.2, 0) is 13.1 Å². The van der Waals surface area contributed by atoms with Crippen LogP contribution < -0.4 is 0 Å². The lowest BCUT2D eigenvalue weighted by atomic mass is 10.1. The van der Waals surface area contributed by atoms with Gasteiger partial charge in [-0.25, -0.2) is 4.98 Å². The van der Waals surface area contributed by atoms with Crippen molar-refractivity contribution < 1.29 is 9.21 Å². The van der Waals surface area contributed by atoms with Gasteiger partial charge in [0.05, 0.1) is 17.6 Å². The Morgan fingerprint density at radius 2 is 2.03 bits per heavy atom. The van der Waals surface area contributed by atoms with E-state index in [4.69, 9.17) is 21.0 Å². The Labute approximate surface area is 177 Å². The zero-order valence-corrected chi connectivity index (χ0v) is 18.7. The van der Waals surface area contributed by atoms with Gasteiger partial charge in [0.2, 0.25) is 0 Å². The lowest BCUT2D eigenvalue weighted by Crippen LogP contribution is -2.33. The third kappa shape index (κ3) is 4.84. The number of carbonyl (C=O) groups excluding carboxylic acids is 1. The van der Waals surface area contributed by atoms with Gasteiger partial charge in [-0.15, -0.1) is 0 Å². The Morgan fingerprint density at radius 3 is 2.66 bits per heavy atom. The van der Waals surface area contributed by atoms with E-state index in [1.54, 1.807) is 0 Å². The molecular weight excluding hydrogens is 386 g/mol. The normalized spacial score (nSPS) is 11.6. The number of fused-ring (bicyclic) bond motifs is 1. The maximum Gasteiger partial charge on any atom is 0.289 e. The summed E-state index contributed by atoms with van der Waals surface area (Å²) in [5.41, 5.74) is 2.90. The number of furan rings is 1. The van der Waals surface area contributed by atoms with Crippen LogP contribution in [0.15, 0.2) is 28.7 Å². The molecule has 3 aromatic rings. The van der Waals surface area contributed by atoms with Gasteiger partial charge in [0.15, 0.2) is 5.76 Å². The summed E-state index contributed by atoms with van der Waals surface area (Å²) in [5, 5.41) is 0.690. The number of hydrogen-bond donors (Lipinski definition) is 0. The number of nitrogens with zero attached hydrogens (tertiary/aromatic N) is 3. The Kier molecular flexibility index (Phi) is 6.68. The van der Waals surface area contributed by atoms with Crippen LogP contribution >= 0.6 is 11.6 Å². The van der Waals surface area contributed by atoms with Crippen LogP contribution in [0.1, 0.15) is 61.3 Å². The fourth-order valence-electron chi connectivity index (χ4n) is 3.41. The molecule has 0 saturated carbocycles. The van der Waals surface area contributed by atoms with Gasteiger partial charge in [0.25, 0.3) is 5.91 Å². The monoisotopic (exact) mass is 415 g/mol. The summed E-state index contributed by atoms with van der Waals surface area (Å²) in [5.74, 6) is 2.46. The number of halogens is 1. The first kappa shape index (κ1) is 21.4. The first-order valence-corrected chi connectivity index (χ1v) is 10.7. The molecular formula is C23H30ClN3O2. The van der Waals surface area contributed by atoms with Gasteiger partial charge in [0.1, 0.15) is 11.6 Å². The highest BCUT2D eigenvalue weighted by Crippen LogP contribution is 2.23. The maximum absolute atomic E-state index is 13.2. The van der Waals surface area contributed by atoms with Crippen molar-refractivity contribution >= 4 is 28.5 Å². The summed E-state index contributed by atoms with van der Waals surface area (Å²) in [6, 6.07) is 7.57. The number of rotatable bonds is 8. The molecule has 29 heavy (non-hydrogen) atoms. The molecule has 0 N–H and O–H groups in total. The molecule has 0 aliphatic heterocycles. The molecule has 0 atom stereocenters. The lowest BCUT2D eigenvalue weighted by molar-refractivity contribution is 0.0695. The molecule has 1 aromatic carbocycles. The molecule has 3 rings (SSSR count). The molecule has 0 aliphatic rings. The molecule has 0 radical (unpaired) electrons. The van der Waals surface area contributed by atoms with Crippen LogP contribution in [0, 0.1) is 19.8 Å². The molecule has 0 saturated heterocycles. The average molecular weight is 416 g/mol. The molecule has 0 spiro atoms. The Morgan fingerprint density at radius 1 is 1.28 bits per heavy atom. The molecule has 156 valence electrons. The predicted molar refractivity (Wildman–Crippen MR) is 117 cm³/mol. The van der Waals surface area contributed by atoms with Crippen molar-refractivity contribution in [2.75, 3.05) is 6.54 Å². The SMILES string of the molecule is CCCn1c(CN(CCC(C)C)C(=O)c2cc(C)c(C)o2)nc2ccc(Cl)cc21. The van der Waals surface area contributed by atoms with E-state index in [-0.39, 0.29) is 5.91 Å². The van der Waals surface area contributed by atoms with Crippen molar-refractivity contribution in [3.63, 3.8) is 0 Å². The van der Waals surface area contributed by atoms with Gasteiger partial charge in [-0.3, -0.25) is 4.79 Å². The van der Waals surface area contributed by atoms with E-state index in [0.717, 1.165) is 47.6 Å². The highest BCUT2D eigenvalue weighted by molar-refractivity contribution is 6.31. The van der Waals surface area contributed by atoms with Gasteiger partial charge in [-0.1, -0.05) is 32.4 Å². The van der Waals surface area contributed by atoms with Crippen LogP contribution in [0.3, 0.4) is 0 Å². The second kappa shape index (κ2) is 9.04. The van der Waals surface area contributed by atoms with Gasteiger partial charge >= 0.3 is 0 Å². The van der Waals surface area contributed by atoms with Crippen LogP contribution in [0.5, 0.6) is 0 Å². The molecule has 2 aromatic heterocycles. The summed E-state index contributed by atoms with van der Waals surface area (Å²) in [4.78, 5) is 19.9. The topological polar surface area (TPSA) is 51.3 Å². The molecule has 0 fully saturated rings. The van der Waals surface area contributed by atoms with Crippen LogP contribution in [-0.4, -0.2) is 26.9 Å². The number of carbonyl (C=O) groups is 1. The average Bonchev–Trinajstić information content (AvgIpc) is 3.18. The summed E-state index contributed by atoms with van der Waals surface area (Å²) < 4.78 is 7.89. The molecule has 0 aliphatic carbocycles. The number of benzene rings is 1. The van der Waals surface area contributed by atoms with E-state index in [9.17, 15) is 4.79 Å². The second-order valence-electron chi connectivity index (χ2n) is 8.07. The Hall–Kier alpha value is -2.27. The summed E-state index contributed by atoms with van der Waals surface area (Å²) in [6.07, 6.45) is 1.89. The van der Waals surface area contributed by atoms with E-state index < -0.39 is 0 Å². The fourth-order valence-corrected chi connectivity index (χ4v) is 3.58. The molecule has 5 nitrogen and oxygen atoms in total. The maximum atomic E-state index is 13.2. The van der Waals surface area contributed by atoms with Crippen molar-refractivity contribution in [1.29, 1.82) is 0 Å².